The van der Waals surface area contributed by atoms with E-state index in [1.165, 1.54) is 19.2 Å². The predicted octanol–water partition coefficient (Wildman–Crippen LogP) is 3.36. The van der Waals surface area contributed by atoms with Crippen LogP contribution in [0.1, 0.15) is 28.4 Å². The van der Waals surface area contributed by atoms with E-state index in [9.17, 15) is 14.4 Å². The van der Waals surface area contributed by atoms with Crippen molar-refractivity contribution in [2.45, 2.75) is 19.9 Å². The van der Waals surface area contributed by atoms with Crippen LogP contribution >= 0.6 is 11.6 Å². The fourth-order valence-electron chi connectivity index (χ4n) is 3.15. The lowest BCUT2D eigenvalue weighted by Gasteiger charge is -2.15. The van der Waals surface area contributed by atoms with Gasteiger partial charge in [0.2, 0.25) is 5.91 Å². The highest BCUT2D eigenvalue weighted by molar-refractivity contribution is 6.31. The molecule has 1 aliphatic heterocycles. The number of nitrogens with one attached hydrogen (secondary N) is 2. The summed E-state index contributed by atoms with van der Waals surface area (Å²) in [7, 11) is 1.27. The Morgan fingerprint density at radius 3 is 2.68 bits per heavy atom. The van der Waals surface area contributed by atoms with Crippen LogP contribution in [0.4, 0.5) is 16.2 Å². The molecule has 0 unspecified atom stereocenters. The van der Waals surface area contributed by atoms with E-state index >= 15 is 0 Å². The van der Waals surface area contributed by atoms with Gasteiger partial charge >= 0.3 is 12.0 Å². The van der Waals surface area contributed by atoms with Crippen molar-refractivity contribution >= 4 is 40.9 Å². The average molecular weight is 402 g/mol. The van der Waals surface area contributed by atoms with Gasteiger partial charge < -0.3 is 20.3 Å². The van der Waals surface area contributed by atoms with E-state index < -0.39 is 12.0 Å². The van der Waals surface area contributed by atoms with Crippen LogP contribution in [0.15, 0.2) is 36.4 Å². The summed E-state index contributed by atoms with van der Waals surface area (Å²) >= 11 is 5.96. The number of hydrogen-bond acceptors (Lipinski definition) is 4. The van der Waals surface area contributed by atoms with Crippen molar-refractivity contribution in [1.29, 1.82) is 0 Å². The molecule has 0 saturated heterocycles. The van der Waals surface area contributed by atoms with Gasteiger partial charge in [0.25, 0.3) is 0 Å². The molecule has 0 aliphatic carbocycles. The number of nitrogens with zero attached hydrogens (tertiary/aromatic N) is 1. The molecular formula is C20H20ClN3O4. The Labute approximate surface area is 167 Å². The highest BCUT2D eigenvalue weighted by atomic mass is 35.5. The van der Waals surface area contributed by atoms with Crippen molar-refractivity contribution in [3.05, 3.63) is 58.1 Å². The highest BCUT2D eigenvalue weighted by Gasteiger charge is 2.22. The monoisotopic (exact) mass is 401 g/mol. The van der Waals surface area contributed by atoms with Crippen LogP contribution in [0.3, 0.4) is 0 Å². The number of hydrogen-bond donors (Lipinski definition) is 2. The maximum absolute atomic E-state index is 12.3. The van der Waals surface area contributed by atoms with Gasteiger partial charge in [0.05, 0.1) is 18.4 Å². The lowest BCUT2D eigenvalue weighted by Crippen LogP contribution is -2.29. The molecule has 8 heteroatoms. The second-order valence-electron chi connectivity index (χ2n) is 6.37. The Kier molecular flexibility index (Phi) is 5.84. The topological polar surface area (TPSA) is 87.7 Å². The normalized spacial score (nSPS) is 12.3. The minimum Gasteiger partial charge on any atom is -0.465 e. The van der Waals surface area contributed by atoms with Gasteiger partial charge in [-0.15, -0.1) is 0 Å². The third kappa shape index (κ3) is 4.26. The fraction of sp³-hybridized carbons (Fsp3) is 0.250. The average Bonchev–Trinajstić information content (AvgIpc) is 3.09. The van der Waals surface area contributed by atoms with Crippen molar-refractivity contribution in [2.24, 2.45) is 0 Å². The standard InChI is InChI=1S/C20H20ClN3O4/c1-12(25)24-8-7-14-9-13(3-6-18(14)24)11-22-20(27)23-17-10-15(21)4-5-16(17)19(26)28-2/h3-6,9-10H,7-8,11H2,1-2H3,(H2,22,23,27). The van der Waals surface area contributed by atoms with Gasteiger partial charge in [-0.05, 0) is 41.8 Å². The number of methoxy groups -OCH3 is 1. The second kappa shape index (κ2) is 8.31. The predicted molar refractivity (Wildman–Crippen MR) is 107 cm³/mol. The first-order chi connectivity index (χ1) is 13.4. The summed E-state index contributed by atoms with van der Waals surface area (Å²) in [5.74, 6) is -0.549. The summed E-state index contributed by atoms with van der Waals surface area (Å²) < 4.78 is 4.71. The van der Waals surface area contributed by atoms with Gasteiger partial charge in [0, 0.05) is 30.7 Å². The van der Waals surface area contributed by atoms with Gasteiger partial charge in [-0.2, -0.15) is 0 Å². The van der Waals surface area contributed by atoms with Crippen molar-refractivity contribution < 1.29 is 19.1 Å². The lowest BCUT2D eigenvalue weighted by atomic mass is 10.1. The summed E-state index contributed by atoms with van der Waals surface area (Å²) in [5.41, 5.74) is 3.39. The van der Waals surface area contributed by atoms with E-state index in [0.717, 1.165) is 23.2 Å². The van der Waals surface area contributed by atoms with Crippen molar-refractivity contribution in [3.8, 4) is 0 Å². The lowest BCUT2D eigenvalue weighted by molar-refractivity contribution is -0.116. The number of anilines is 2. The molecule has 0 spiro atoms. The molecule has 1 aliphatic rings. The van der Waals surface area contributed by atoms with Crippen LogP contribution in [0.25, 0.3) is 0 Å². The summed E-state index contributed by atoms with van der Waals surface area (Å²) in [6.45, 7) is 2.52. The molecule has 3 amide bonds. The van der Waals surface area contributed by atoms with Crippen molar-refractivity contribution in [1.82, 2.24) is 5.32 Å². The Hall–Kier alpha value is -3.06. The molecule has 28 heavy (non-hydrogen) atoms. The summed E-state index contributed by atoms with van der Waals surface area (Å²) in [6.07, 6.45) is 0.792. The third-order valence-corrected chi connectivity index (χ3v) is 4.74. The van der Waals surface area contributed by atoms with E-state index in [1.54, 1.807) is 17.9 Å². The zero-order valence-electron chi connectivity index (χ0n) is 15.5. The van der Waals surface area contributed by atoms with E-state index in [2.05, 4.69) is 10.6 Å². The van der Waals surface area contributed by atoms with Crippen LogP contribution < -0.4 is 15.5 Å². The summed E-state index contributed by atoms with van der Waals surface area (Å²) in [4.78, 5) is 37.5. The molecule has 0 bridgehead atoms. The Bertz CT molecular complexity index is 945. The molecule has 2 aromatic carbocycles. The van der Waals surface area contributed by atoms with Gasteiger partial charge in [0.15, 0.2) is 0 Å². The molecular weight excluding hydrogens is 382 g/mol. The molecule has 1 heterocycles. The minimum atomic E-state index is -0.569. The number of esters is 1. The molecule has 0 atom stereocenters. The number of fused-ring (bicyclic) bond motifs is 1. The van der Waals surface area contributed by atoms with Gasteiger partial charge in [-0.3, -0.25) is 4.79 Å². The summed E-state index contributed by atoms with van der Waals surface area (Å²) in [6, 6.07) is 9.80. The van der Waals surface area contributed by atoms with E-state index in [1.807, 2.05) is 18.2 Å². The third-order valence-electron chi connectivity index (χ3n) is 4.51. The molecule has 146 valence electrons. The van der Waals surface area contributed by atoms with Crippen LogP contribution in [-0.2, 0) is 22.5 Å². The first kappa shape index (κ1) is 19.7. The maximum Gasteiger partial charge on any atom is 0.339 e. The molecule has 0 fully saturated rings. The van der Waals surface area contributed by atoms with Crippen molar-refractivity contribution in [3.63, 3.8) is 0 Å². The molecule has 2 aromatic rings. The number of halogens is 1. The SMILES string of the molecule is COC(=O)c1ccc(Cl)cc1NC(=O)NCc1ccc2c(c1)CCN2C(C)=O. The molecule has 2 N–H and O–H groups in total. The second-order valence-corrected chi connectivity index (χ2v) is 6.81. The number of ether oxygens (including phenoxy) is 1. The Morgan fingerprint density at radius 2 is 1.96 bits per heavy atom. The number of urea groups is 1. The molecule has 3 rings (SSSR count). The summed E-state index contributed by atoms with van der Waals surface area (Å²) in [5, 5.41) is 5.76. The van der Waals surface area contributed by atoms with E-state index in [4.69, 9.17) is 16.3 Å². The quantitative estimate of drug-likeness (QED) is 0.769. The van der Waals surface area contributed by atoms with E-state index in [-0.39, 0.29) is 17.2 Å². The zero-order chi connectivity index (χ0) is 20.3. The Morgan fingerprint density at radius 1 is 1.18 bits per heavy atom. The van der Waals surface area contributed by atoms with Crippen LogP contribution in [0.2, 0.25) is 5.02 Å². The van der Waals surface area contributed by atoms with Gasteiger partial charge in [-0.25, -0.2) is 9.59 Å². The largest absolute Gasteiger partial charge is 0.465 e. The zero-order valence-corrected chi connectivity index (χ0v) is 16.3. The fourth-order valence-corrected chi connectivity index (χ4v) is 3.32. The Balaban J connectivity index is 1.65. The minimum absolute atomic E-state index is 0.0203. The van der Waals surface area contributed by atoms with Crippen LogP contribution in [-0.4, -0.2) is 31.6 Å². The number of rotatable bonds is 4. The van der Waals surface area contributed by atoms with E-state index in [0.29, 0.717) is 18.1 Å². The maximum atomic E-state index is 12.3. The molecule has 0 radical (unpaired) electrons. The van der Waals surface area contributed by atoms with Gasteiger partial charge in [-0.1, -0.05) is 23.7 Å². The number of amides is 3. The molecule has 0 saturated carbocycles. The van der Waals surface area contributed by atoms with Gasteiger partial charge in [0.1, 0.15) is 0 Å². The smallest absolute Gasteiger partial charge is 0.339 e. The number of benzene rings is 2. The first-order valence-corrected chi connectivity index (χ1v) is 9.09. The van der Waals surface area contributed by atoms with Crippen LogP contribution in [0.5, 0.6) is 0 Å². The first-order valence-electron chi connectivity index (χ1n) is 8.71. The van der Waals surface area contributed by atoms with Crippen LogP contribution in [0, 0.1) is 0 Å². The van der Waals surface area contributed by atoms with Crippen molar-refractivity contribution in [2.75, 3.05) is 23.9 Å². The number of carbonyl (C=O) groups is 3. The number of carbonyl (C=O) groups excluding carboxylic acids is 3. The molecule has 7 nitrogen and oxygen atoms in total. The molecule has 0 aromatic heterocycles. The highest BCUT2D eigenvalue weighted by Crippen LogP contribution is 2.29.